The largest absolute Gasteiger partial charge is 0.391 e. The molecule has 0 amide bonds. The van der Waals surface area contributed by atoms with Gasteiger partial charge in [-0.15, -0.1) is 0 Å². The van der Waals surface area contributed by atoms with E-state index in [4.69, 9.17) is 0 Å². The lowest BCUT2D eigenvalue weighted by Gasteiger charge is -2.25. The number of hydrogen-bond donors (Lipinski definition) is 2. The van der Waals surface area contributed by atoms with Gasteiger partial charge in [0.25, 0.3) is 0 Å². The number of nitro groups is 1. The first-order valence-corrected chi connectivity index (χ1v) is 5.33. The summed E-state index contributed by atoms with van der Waals surface area (Å²) in [5.74, 6) is 0.181. The van der Waals surface area contributed by atoms with Gasteiger partial charge in [0.2, 0.25) is 5.82 Å². The minimum atomic E-state index is -0.607. The number of aliphatic hydroxyl groups is 1. The summed E-state index contributed by atoms with van der Waals surface area (Å²) >= 11 is 0. The van der Waals surface area contributed by atoms with Crippen LogP contribution in [-0.4, -0.2) is 27.7 Å². The second-order valence-electron chi connectivity index (χ2n) is 4.89. The lowest BCUT2D eigenvalue weighted by atomic mass is 9.89. The Bertz CT molecular complexity index is 401. The first-order chi connectivity index (χ1) is 7.82. The maximum absolute atomic E-state index is 10.7. The Balaban J connectivity index is 2.73. The zero-order valence-corrected chi connectivity index (χ0v) is 10.2. The van der Waals surface area contributed by atoms with Crippen LogP contribution >= 0.6 is 0 Å². The molecule has 6 nitrogen and oxygen atoms in total. The van der Waals surface area contributed by atoms with E-state index in [1.54, 1.807) is 0 Å². The van der Waals surface area contributed by atoms with Crippen LogP contribution < -0.4 is 5.32 Å². The van der Waals surface area contributed by atoms with E-state index >= 15 is 0 Å². The number of hydrogen-bond acceptors (Lipinski definition) is 5. The van der Waals surface area contributed by atoms with Crippen LogP contribution in [0.5, 0.6) is 0 Å². The Morgan fingerprint density at radius 2 is 2.24 bits per heavy atom. The van der Waals surface area contributed by atoms with E-state index < -0.39 is 11.0 Å². The van der Waals surface area contributed by atoms with E-state index in [2.05, 4.69) is 10.3 Å². The Hall–Kier alpha value is -1.69. The van der Waals surface area contributed by atoms with Crippen molar-refractivity contribution in [2.45, 2.75) is 26.9 Å². The fourth-order valence-electron chi connectivity index (χ4n) is 1.18. The number of aliphatic hydroxyl groups excluding tert-OH is 1. The van der Waals surface area contributed by atoms with Crippen LogP contribution in [0.25, 0.3) is 0 Å². The molecule has 0 spiro atoms. The van der Waals surface area contributed by atoms with Gasteiger partial charge in [0.15, 0.2) is 0 Å². The average Bonchev–Trinajstić information content (AvgIpc) is 2.24. The van der Waals surface area contributed by atoms with Crippen molar-refractivity contribution in [1.29, 1.82) is 0 Å². The van der Waals surface area contributed by atoms with Crippen molar-refractivity contribution in [3.05, 3.63) is 28.4 Å². The van der Waals surface area contributed by atoms with Crippen LogP contribution in [0.3, 0.4) is 0 Å². The van der Waals surface area contributed by atoms with Crippen LogP contribution in [-0.2, 0) is 0 Å². The summed E-state index contributed by atoms with van der Waals surface area (Å²) in [6.45, 7) is 5.91. The van der Waals surface area contributed by atoms with E-state index in [1.165, 1.54) is 18.3 Å². The molecule has 17 heavy (non-hydrogen) atoms. The van der Waals surface area contributed by atoms with Crippen molar-refractivity contribution >= 4 is 11.5 Å². The van der Waals surface area contributed by atoms with Crippen LogP contribution in [0.2, 0.25) is 0 Å². The topological polar surface area (TPSA) is 88.3 Å². The summed E-state index contributed by atoms with van der Waals surface area (Å²) in [6, 6.07) is 2.88. The quantitative estimate of drug-likeness (QED) is 0.618. The van der Waals surface area contributed by atoms with Crippen LogP contribution in [0.15, 0.2) is 18.3 Å². The highest BCUT2D eigenvalue weighted by Gasteiger charge is 2.23. The van der Waals surface area contributed by atoms with E-state index in [0.29, 0.717) is 0 Å². The zero-order chi connectivity index (χ0) is 13.1. The molecule has 0 saturated heterocycles. The molecule has 6 heteroatoms. The minimum absolute atomic E-state index is 0.0893. The maximum Gasteiger partial charge on any atom is 0.311 e. The third-order valence-electron chi connectivity index (χ3n) is 2.45. The Kier molecular flexibility index (Phi) is 4.01. The van der Waals surface area contributed by atoms with Gasteiger partial charge < -0.3 is 10.4 Å². The van der Waals surface area contributed by atoms with E-state index in [1.807, 2.05) is 20.8 Å². The molecule has 0 aliphatic carbocycles. The molecular formula is C11H17N3O3. The van der Waals surface area contributed by atoms with Gasteiger partial charge in [0, 0.05) is 18.8 Å². The molecule has 0 radical (unpaired) electrons. The van der Waals surface area contributed by atoms with Gasteiger partial charge in [-0.05, 0) is 11.5 Å². The van der Waals surface area contributed by atoms with Gasteiger partial charge in [0.05, 0.1) is 11.0 Å². The summed E-state index contributed by atoms with van der Waals surface area (Å²) in [7, 11) is 0. The monoisotopic (exact) mass is 239 g/mol. The molecule has 1 aromatic rings. The Morgan fingerprint density at radius 1 is 1.59 bits per heavy atom. The zero-order valence-electron chi connectivity index (χ0n) is 10.2. The second kappa shape index (κ2) is 5.09. The lowest BCUT2D eigenvalue weighted by Crippen LogP contribution is -2.33. The standard InChI is InChI=1S/C11H17N3O3/c1-11(2,3)9(15)7-13-10-8(14(16)17)5-4-6-12-10/h4-6,9,15H,7H2,1-3H3,(H,12,13). The average molecular weight is 239 g/mol. The number of pyridine rings is 1. The molecule has 94 valence electrons. The van der Waals surface area contributed by atoms with Crippen LogP contribution in [0.1, 0.15) is 20.8 Å². The van der Waals surface area contributed by atoms with Crippen LogP contribution in [0.4, 0.5) is 11.5 Å². The number of aromatic nitrogens is 1. The predicted octanol–water partition coefficient (Wildman–Crippen LogP) is 1.81. The molecule has 1 unspecified atom stereocenters. The van der Waals surface area contributed by atoms with E-state index in [0.717, 1.165) is 0 Å². The molecule has 1 rings (SSSR count). The summed E-state index contributed by atoms with van der Waals surface area (Å²) in [6.07, 6.45) is 0.864. The third-order valence-corrected chi connectivity index (χ3v) is 2.45. The van der Waals surface area contributed by atoms with E-state index in [9.17, 15) is 15.2 Å². The highest BCUT2D eigenvalue weighted by atomic mass is 16.6. The molecule has 1 atom stereocenters. The van der Waals surface area contributed by atoms with Gasteiger partial charge in [-0.25, -0.2) is 4.98 Å². The molecule has 0 fully saturated rings. The molecule has 1 aromatic heterocycles. The highest BCUT2D eigenvalue weighted by molar-refractivity contribution is 5.55. The number of nitrogens with one attached hydrogen (secondary N) is 1. The number of anilines is 1. The van der Waals surface area contributed by atoms with Gasteiger partial charge in [0.1, 0.15) is 0 Å². The van der Waals surface area contributed by atoms with Crippen molar-refractivity contribution in [2.24, 2.45) is 5.41 Å². The highest BCUT2D eigenvalue weighted by Crippen LogP contribution is 2.23. The van der Waals surface area contributed by atoms with Gasteiger partial charge in [-0.2, -0.15) is 0 Å². The SMILES string of the molecule is CC(C)(C)C(O)CNc1ncccc1[N+](=O)[O-]. The van der Waals surface area contributed by atoms with Crippen molar-refractivity contribution in [3.63, 3.8) is 0 Å². The molecule has 0 bridgehead atoms. The molecule has 0 aromatic carbocycles. The van der Waals surface area contributed by atoms with Crippen molar-refractivity contribution in [2.75, 3.05) is 11.9 Å². The Labute approximate surface area is 99.8 Å². The smallest absolute Gasteiger partial charge is 0.311 e. The summed E-state index contributed by atoms with van der Waals surface area (Å²) in [5.41, 5.74) is -0.370. The molecule has 0 aliphatic heterocycles. The first kappa shape index (κ1) is 13.4. The van der Waals surface area contributed by atoms with Gasteiger partial charge >= 0.3 is 5.69 Å². The molecule has 1 heterocycles. The van der Waals surface area contributed by atoms with Gasteiger partial charge in [-0.1, -0.05) is 20.8 Å². The molecular weight excluding hydrogens is 222 g/mol. The molecule has 0 saturated carbocycles. The fourth-order valence-corrected chi connectivity index (χ4v) is 1.18. The third kappa shape index (κ3) is 3.67. The van der Waals surface area contributed by atoms with E-state index in [-0.39, 0.29) is 23.5 Å². The normalized spacial score (nSPS) is 13.2. The fraction of sp³-hybridized carbons (Fsp3) is 0.545. The first-order valence-electron chi connectivity index (χ1n) is 5.33. The Morgan fingerprint density at radius 3 is 2.76 bits per heavy atom. The second-order valence-corrected chi connectivity index (χ2v) is 4.89. The summed E-state index contributed by atoms with van der Waals surface area (Å²) in [5, 5.41) is 23.3. The molecule has 0 aliphatic rings. The summed E-state index contributed by atoms with van der Waals surface area (Å²) < 4.78 is 0. The maximum atomic E-state index is 10.7. The summed E-state index contributed by atoms with van der Waals surface area (Å²) in [4.78, 5) is 14.1. The number of nitrogens with zero attached hydrogens (tertiary/aromatic N) is 2. The lowest BCUT2D eigenvalue weighted by molar-refractivity contribution is -0.384. The predicted molar refractivity (Wildman–Crippen MR) is 64.8 cm³/mol. The van der Waals surface area contributed by atoms with Crippen molar-refractivity contribution < 1.29 is 10.0 Å². The van der Waals surface area contributed by atoms with Crippen molar-refractivity contribution in [1.82, 2.24) is 4.98 Å². The van der Waals surface area contributed by atoms with Gasteiger partial charge in [-0.3, -0.25) is 10.1 Å². The molecule has 2 N–H and O–H groups in total. The van der Waals surface area contributed by atoms with Crippen LogP contribution in [0, 0.1) is 15.5 Å². The minimum Gasteiger partial charge on any atom is -0.391 e. The number of rotatable bonds is 4. The van der Waals surface area contributed by atoms with Crippen molar-refractivity contribution in [3.8, 4) is 0 Å².